The zero-order valence-electron chi connectivity index (χ0n) is 18.5. The van der Waals surface area contributed by atoms with Crippen molar-refractivity contribution >= 4 is 32.7 Å². The molecule has 11 heteroatoms. The summed E-state index contributed by atoms with van der Waals surface area (Å²) < 4.78 is 32.7. The Hall–Kier alpha value is -3.73. The number of aromatic nitrogens is 4. The molecule has 0 atom stereocenters. The second kappa shape index (κ2) is 9.02. The summed E-state index contributed by atoms with van der Waals surface area (Å²) in [6, 6.07) is 13.2. The van der Waals surface area contributed by atoms with Gasteiger partial charge in [-0.15, -0.1) is 0 Å². The lowest BCUT2D eigenvalue weighted by Gasteiger charge is -2.18. The third-order valence-electron chi connectivity index (χ3n) is 5.21. The van der Waals surface area contributed by atoms with Crippen molar-refractivity contribution in [1.82, 2.24) is 24.8 Å². The van der Waals surface area contributed by atoms with E-state index in [-0.39, 0.29) is 18.1 Å². The third-order valence-corrected chi connectivity index (χ3v) is 5.82. The molecule has 0 aliphatic heterocycles. The largest absolute Gasteiger partial charge is 0.336 e. The van der Waals surface area contributed by atoms with Crippen molar-refractivity contribution in [3.63, 3.8) is 0 Å². The number of benzene rings is 2. The summed E-state index contributed by atoms with van der Waals surface area (Å²) in [5, 5.41) is 7.59. The molecule has 0 spiro atoms. The molecule has 33 heavy (non-hydrogen) atoms. The van der Waals surface area contributed by atoms with E-state index in [1.165, 1.54) is 11.0 Å². The van der Waals surface area contributed by atoms with Gasteiger partial charge in [0.05, 0.1) is 41.4 Å². The highest BCUT2D eigenvalue weighted by molar-refractivity contribution is 7.92. The monoisotopic (exact) mass is 468 g/mol. The minimum absolute atomic E-state index is 0.192. The first kappa shape index (κ1) is 22.5. The summed E-state index contributed by atoms with van der Waals surface area (Å²) in [6.45, 7) is 2.55. The maximum atomic E-state index is 13.5. The van der Waals surface area contributed by atoms with Gasteiger partial charge in [0.25, 0.3) is 5.91 Å². The number of anilines is 1. The van der Waals surface area contributed by atoms with Gasteiger partial charge in [-0.3, -0.25) is 9.52 Å². The Balaban J connectivity index is 1.72. The van der Waals surface area contributed by atoms with Gasteiger partial charge >= 0.3 is 0 Å². The molecule has 0 saturated carbocycles. The molecular weight excluding hydrogens is 444 g/mol. The van der Waals surface area contributed by atoms with Crippen LogP contribution in [0.2, 0.25) is 0 Å². The van der Waals surface area contributed by atoms with E-state index in [4.69, 9.17) is 4.63 Å². The van der Waals surface area contributed by atoms with Gasteiger partial charge in [-0.2, -0.15) is 0 Å². The second-order valence-electron chi connectivity index (χ2n) is 7.90. The fourth-order valence-electron chi connectivity index (χ4n) is 3.60. The Morgan fingerprint density at radius 3 is 2.61 bits per heavy atom. The van der Waals surface area contributed by atoms with E-state index in [0.717, 1.165) is 18.2 Å². The highest BCUT2D eigenvalue weighted by Crippen LogP contribution is 2.26. The van der Waals surface area contributed by atoms with Crippen molar-refractivity contribution in [2.45, 2.75) is 26.4 Å². The van der Waals surface area contributed by atoms with Crippen LogP contribution >= 0.6 is 0 Å². The lowest BCUT2D eigenvalue weighted by Crippen LogP contribution is -2.27. The minimum atomic E-state index is -3.53. The Kier molecular flexibility index (Phi) is 6.14. The molecule has 0 radical (unpaired) electrons. The molecule has 2 aromatic heterocycles. The molecule has 2 aromatic carbocycles. The summed E-state index contributed by atoms with van der Waals surface area (Å²) in [5.74, 6) is -0.305. The van der Waals surface area contributed by atoms with E-state index < -0.39 is 10.0 Å². The average molecular weight is 469 g/mol. The van der Waals surface area contributed by atoms with Crippen LogP contribution in [0.4, 0.5) is 5.69 Å². The summed E-state index contributed by atoms with van der Waals surface area (Å²) in [6.07, 6.45) is 3.48. The number of aryl methyl sites for hydroxylation is 3. The standard InChI is InChI=1S/C22H24N6O4S/c1-15-20(25-32-24-15)13-27(2)22(29)18-11-17(26-33(3,30)31)12-19-21(18)28(14-23-19)10-9-16-7-5-4-6-8-16/h4-8,11-12,14,26H,9-10,13H2,1-3H3. The maximum Gasteiger partial charge on any atom is 0.256 e. The number of hydrogen-bond donors (Lipinski definition) is 1. The van der Waals surface area contributed by atoms with Crippen LogP contribution in [0, 0.1) is 6.92 Å². The molecule has 0 fully saturated rings. The normalized spacial score (nSPS) is 11.6. The molecule has 0 aliphatic rings. The fourth-order valence-corrected chi connectivity index (χ4v) is 4.15. The number of hydrogen-bond acceptors (Lipinski definition) is 7. The summed E-state index contributed by atoms with van der Waals surface area (Å²) in [5.41, 5.74) is 4.07. The number of fused-ring (bicyclic) bond motifs is 1. The summed E-state index contributed by atoms with van der Waals surface area (Å²) in [4.78, 5) is 19.4. The van der Waals surface area contributed by atoms with Crippen LogP contribution in [0.3, 0.4) is 0 Å². The van der Waals surface area contributed by atoms with E-state index in [2.05, 4.69) is 20.0 Å². The van der Waals surface area contributed by atoms with Crippen LogP contribution in [0.5, 0.6) is 0 Å². The summed E-state index contributed by atoms with van der Waals surface area (Å²) >= 11 is 0. The number of amides is 1. The summed E-state index contributed by atoms with van der Waals surface area (Å²) in [7, 11) is -1.89. The molecule has 1 N–H and O–H groups in total. The van der Waals surface area contributed by atoms with E-state index in [1.54, 1.807) is 26.4 Å². The number of sulfonamides is 1. The van der Waals surface area contributed by atoms with Crippen LogP contribution < -0.4 is 4.72 Å². The van der Waals surface area contributed by atoms with Gasteiger partial charge < -0.3 is 9.47 Å². The smallest absolute Gasteiger partial charge is 0.256 e. The first-order chi connectivity index (χ1) is 15.7. The predicted octanol–water partition coefficient (Wildman–Crippen LogP) is 2.61. The fraction of sp³-hybridized carbons (Fsp3) is 0.273. The highest BCUT2D eigenvalue weighted by Gasteiger charge is 2.22. The molecule has 0 aliphatic carbocycles. The van der Waals surface area contributed by atoms with Gasteiger partial charge in [-0.1, -0.05) is 40.6 Å². The van der Waals surface area contributed by atoms with Crippen molar-refractivity contribution in [3.05, 3.63) is 71.3 Å². The molecule has 0 saturated heterocycles. The molecular formula is C22H24N6O4S. The van der Waals surface area contributed by atoms with Crippen LogP contribution in [0.25, 0.3) is 11.0 Å². The SMILES string of the molecule is Cc1nonc1CN(C)C(=O)c1cc(NS(C)(=O)=O)cc2ncn(CCc3ccccc3)c12. The van der Waals surface area contributed by atoms with Crippen molar-refractivity contribution in [3.8, 4) is 0 Å². The highest BCUT2D eigenvalue weighted by atomic mass is 32.2. The molecule has 10 nitrogen and oxygen atoms in total. The van der Waals surface area contributed by atoms with Crippen LogP contribution in [0.1, 0.15) is 27.3 Å². The number of nitrogens with one attached hydrogen (secondary N) is 1. The molecule has 4 aromatic rings. The van der Waals surface area contributed by atoms with Crippen LogP contribution in [-0.2, 0) is 29.5 Å². The molecule has 4 rings (SSSR count). The van der Waals surface area contributed by atoms with Gasteiger partial charge in [-0.25, -0.2) is 18.0 Å². The first-order valence-corrected chi connectivity index (χ1v) is 12.1. The number of carbonyl (C=O) groups is 1. The lowest BCUT2D eigenvalue weighted by molar-refractivity contribution is 0.0783. The maximum absolute atomic E-state index is 13.5. The Morgan fingerprint density at radius 1 is 1.18 bits per heavy atom. The van der Waals surface area contributed by atoms with Gasteiger partial charge in [0.2, 0.25) is 10.0 Å². The van der Waals surface area contributed by atoms with Gasteiger partial charge in [0.15, 0.2) is 0 Å². The third kappa shape index (κ3) is 5.20. The molecule has 0 unspecified atom stereocenters. The molecule has 1 amide bonds. The topological polar surface area (TPSA) is 123 Å². The zero-order chi connectivity index (χ0) is 23.6. The zero-order valence-corrected chi connectivity index (χ0v) is 19.3. The van der Waals surface area contributed by atoms with Gasteiger partial charge in [-0.05, 0) is 31.0 Å². The predicted molar refractivity (Wildman–Crippen MR) is 123 cm³/mol. The van der Waals surface area contributed by atoms with Gasteiger partial charge in [0, 0.05) is 13.6 Å². The van der Waals surface area contributed by atoms with Crippen molar-refractivity contribution in [2.24, 2.45) is 0 Å². The van der Waals surface area contributed by atoms with E-state index in [9.17, 15) is 13.2 Å². The van der Waals surface area contributed by atoms with Crippen LogP contribution in [0.15, 0.2) is 53.4 Å². The number of rotatable bonds is 8. The van der Waals surface area contributed by atoms with Crippen molar-refractivity contribution in [1.29, 1.82) is 0 Å². The van der Waals surface area contributed by atoms with Crippen molar-refractivity contribution < 1.29 is 17.8 Å². The minimum Gasteiger partial charge on any atom is -0.336 e. The van der Waals surface area contributed by atoms with Gasteiger partial charge in [0.1, 0.15) is 11.4 Å². The molecule has 172 valence electrons. The quantitative estimate of drug-likeness (QED) is 0.422. The van der Waals surface area contributed by atoms with E-state index >= 15 is 0 Å². The van der Waals surface area contributed by atoms with E-state index in [1.807, 2.05) is 34.9 Å². The second-order valence-corrected chi connectivity index (χ2v) is 9.65. The lowest BCUT2D eigenvalue weighted by atomic mass is 10.1. The molecule has 2 heterocycles. The molecule has 0 bridgehead atoms. The van der Waals surface area contributed by atoms with E-state index in [0.29, 0.717) is 34.5 Å². The van der Waals surface area contributed by atoms with Crippen LogP contribution in [-0.4, -0.2) is 52.4 Å². The Labute approximate surface area is 191 Å². The Morgan fingerprint density at radius 2 is 1.94 bits per heavy atom. The van der Waals surface area contributed by atoms with Crippen molar-refractivity contribution in [2.75, 3.05) is 18.0 Å². The average Bonchev–Trinajstić information content (AvgIpc) is 3.36. The Bertz CT molecular complexity index is 1400. The number of nitrogens with zero attached hydrogens (tertiary/aromatic N) is 5. The first-order valence-electron chi connectivity index (χ1n) is 10.3. The number of imidazole rings is 1. The number of carbonyl (C=O) groups excluding carboxylic acids is 1.